The van der Waals surface area contributed by atoms with Crippen LogP contribution in [0.5, 0.6) is 0 Å². The largest absolute Gasteiger partial charge is 0.360 e. The zero-order chi connectivity index (χ0) is 29.3. The van der Waals surface area contributed by atoms with Crippen LogP contribution in [-0.2, 0) is 10.2 Å². The molecule has 214 valence electrons. The van der Waals surface area contributed by atoms with Crippen LogP contribution in [0.4, 0.5) is 16.0 Å². The Morgan fingerprint density at radius 3 is 2.61 bits per heavy atom. The van der Waals surface area contributed by atoms with Gasteiger partial charge in [-0.05, 0) is 61.1 Å². The summed E-state index contributed by atoms with van der Waals surface area (Å²) in [6.07, 6.45) is 12.6. The van der Waals surface area contributed by atoms with Gasteiger partial charge in [-0.1, -0.05) is 13.8 Å². The molecule has 0 saturated carbocycles. The van der Waals surface area contributed by atoms with E-state index in [1.807, 2.05) is 6.08 Å². The van der Waals surface area contributed by atoms with Gasteiger partial charge in [0.25, 0.3) is 0 Å². The summed E-state index contributed by atoms with van der Waals surface area (Å²) >= 11 is 0. The van der Waals surface area contributed by atoms with E-state index in [4.69, 9.17) is 0 Å². The summed E-state index contributed by atoms with van der Waals surface area (Å²) in [5.41, 5.74) is 6.20. The van der Waals surface area contributed by atoms with E-state index in [0.29, 0.717) is 23.1 Å². The summed E-state index contributed by atoms with van der Waals surface area (Å²) in [5, 5.41) is 0. The highest BCUT2D eigenvalue weighted by atomic mass is 32.2. The van der Waals surface area contributed by atoms with Gasteiger partial charge < -0.3 is 9.88 Å². The molecule has 2 aromatic heterocycles. The van der Waals surface area contributed by atoms with E-state index in [2.05, 4.69) is 37.2 Å². The van der Waals surface area contributed by atoms with Gasteiger partial charge >= 0.3 is 10.2 Å². The third-order valence-electron chi connectivity index (χ3n) is 7.74. The van der Waals surface area contributed by atoms with Gasteiger partial charge in [0.1, 0.15) is 5.82 Å². The average molecular weight is 577 g/mol. The van der Waals surface area contributed by atoms with Crippen molar-refractivity contribution < 1.29 is 17.6 Å². The number of rotatable bonds is 8. The first-order chi connectivity index (χ1) is 19.6. The van der Waals surface area contributed by atoms with Crippen LogP contribution in [0.2, 0.25) is 0 Å². The molecule has 0 amide bonds. The summed E-state index contributed by atoms with van der Waals surface area (Å²) in [5.74, 6) is 0.0908. The summed E-state index contributed by atoms with van der Waals surface area (Å²) in [6.45, 7) is 7.59. The highest BCUT2D eigenvalue weighted by Gasteiger charge is 2.26. The number of ketones is 1. The second-order valence-corrected chi connectivity index (χ2v) is 12.2. The first kappa shape index (κ1) is 28.5. The SMILES string of the molecule is CCN(C)S(=O)(=O)Nc1ccc(F)c(C(=O)c2c[nH]c3c2C=C(c2cnc(N4CCC(C)CC4)nc2)C=C=C3)c1C. The minimum absolute atomic E-state index is 0.134. The van der Waals surface area contributed by atoms with Gasteiger partial charge in [-0.2, -0.15) is 12.7 Å². The summed E-state index contributed by atoms with van der Waals surface area (Å²) in [7, 11) is -2.43. The van der Waals surface area contributed by atoms with Gasteiger partial charge in [-0.3, -0.25) is 9.52 Å². The number of H-pyrrole nitrogens is 1. The lowest BCUT2D eigenvalue weighted by Crippen LogP contribution is -2.34. The van der Waals surface area contributed by atoms with Crippen molar-refractivity contribution in [2.45, 2.75) is 33.6 Å². The Balaban J connectivity index is 1.47. The Hall–Kier alpha value is -4.05. The molecule has 1 fully saturated rings. The fourth-order valence-corrected chi connectivity index (χ4v) is 5.92. The Kier molecular flexibility index (Phi) is 7.95. The molecule has 3 heterocycles. The number of hydrogen-bond acceptors (Lipinski definition) is 6. The second kappa shape index (κ2) is 11.4. The number of hydrogen-bond donors (Lipinski definition) is 2. The molecule has 0 unspecified atom stereocenters. The van der Waals surface area contributed by atoms with Crippen LogP contribution in [-0.4, -0.2) is 60.1 Å². The normalized spacial score (nSPS) is 15.6. The van der Waals surface area contributed by atoms with Crippen molar-refractivity contribution in [2.75, 3.05) is 36.3 Å². The van der Waals surface area contributed by atoms with Crippen LogP contribution >= 0.6 is 0 Å². The summed E-state index contributed by atoms with van der Waals surface area (Å²) in [6, 6.07) is 2.42. The molecule has 3 aromatic rings. The number of benzene rings is 1. The predicted molar refractivity (Wildman–Crippen MR) is 159 cm³/mol. The van der Waals surface area contributed by atoms with Gasteiger partial charge in [-0.15, -0.1) is 5.73 Å². The minimum atomic E-state index is -3.86. The molecule has 0 spiro atoms. The topological polar surface area (TPSA) is 111 Å². The van der Waals surface area contributed by atoms with E-state index >= 15 is 4.39 Å². The summed E-state index contributed by atoms with van der Waals surface area (Å²) < 4.78 is 43.9. The second-order valence-electron chi connectivity index (χ2n) is 10.5. The van der Waals surface area contributed by atoms with Crippen LogP contribution in [0.15, 0.2) is 42.5 Å². The smallest absolute Gasteiger partial charge is 0.301 e. The maximum absolute atomic E-state index is 15.1. The van der Waals surface area contributed by atoms with Crippen molar-refractivity contribution in [2.24, 2.45) is 5.92 Å². The molecule has 2 aliphatic rings. The molecule has 1 aliphatic carbocycles. The molecule has 11 heteroatoms. The molecule has 41 heavy (non-hydrogen) atoms. The number of aromatic amines is 1. The van der Waals surface area contributed by atoms with E-state index < -0.39 is 21.8 Å². The van der Waals surface area contributed by atoms with Crippen molar-refractivity contribution >= 4 is 45.4 Å². The average Bonchev–Trinajstić information content (AvgIpc) is 3.24. The quantitative estimate of drug-likeness (QED) is 0.287. The molecule has 9 nitrogen and oxygen atoms in total. The molecule has 1 aromatic carbocycles. The summed E-state index contributed by atoms with van der Waals surface area (Å²) in [4.78, 5) is 28.2. The standard InChI is InChI=1S/C30H33FN6O3S/c1-5-36(4)41(39,40)35-26-10-9-25(31)28(20(26)3)29(38)24-18-32-27-8-6-7-21(15-23(24)27)22-16-33-30(34-17-22)37-13-11-19(2)12-14-37/h7-10,15-19,32,35H,5,11-14H2,1-4H3. The number of carbonyl (C=O) groups is 1. The van der Waals surface area contributed by atoms with Gasteiger partial charge in [0.15, 0.2) is 5.78 Å². The molecule has 5 rings (SSSR count). The monoisotopic (exact) mass is 576 g/mol. The van der Waals surface area contributed by atoms with Crippen molar-refractivity contribution in [1.29, 1.82) is 0 Å². The number of halogens is 1. The number of nitrogens with one attached hydrogen (secondary N) is 2. The number of anilines is 2. The van der Waals surface area contributed by atoms with E-state index in [0.717, 1.165) is 47.4 Å². The number of carbonyl (C=O) groups excluding carboxylic acids is 1. The van der Waals surface area contributed by atoms with Gasteiger partial charge in [0.05, 0.1) is 16.9 Å². The van der Waals surface area contributed by atoms with Crippen LogP contribution in [0.25, 0.3) is 17.7 Å². The molecule has 1 aliphatic heterocycles. The number of aromatic nitrogens is 3. The maximum atomic E-state index is 15.1. The van der Waals surface area contributed by atoms with Crippen molar-refractivity contribution in [3.8, 4) is 0 Å². The van der Waals surface area contributed by atoms with Crippen molar-refractivity contribution in [1.82, 2.24) is 19.3 Å². The van der Waals surface area contributed by atoms with Gasteiger partial charge in [0.2, 0.25) is 5.95 Å². The van der Waals surface area contributed by atoms with Crippen molar-refractivity contribution in [3.05, 3.63) is 81.9 Å². The highest BCUT2D eigenvalue weighted by Crippen LogP contribution is 2.31. The Bertz CT molecular complexity index is 1680. The van der Waals surface area contributed by atoms with Gasteiger partial charge in [0, 0.05) is 68.0 Å². The van der Waals surface area contributed by atoms with E-state index in [9.17, 15) is 13.2 Å². The molecule has 0 bridgehead atoms. The lowest BCUT2D eigenvalue weighted by molar-refractivity contribution is 0.103. The first-order valence-corrected chi connectivity index (χ1v) is 15.0. The fraction of sp³-hybridized carbons (Fsp3) is 0.333. The number of allylic oxidation sites excluding steroid dienone is 2. The zero-order valence-corrected chi connectivity index (χ0v) is 24.3. The Morgan fingerprint density at radius 1 is 1.22 bits per heavy atom. The predicted octanol–water partition coefficient (Wildman–Crippen LogP) is 5.05. The minimum Gasteiger partial charge on any atom is -0.360 e. The lowest BCUT2D eigenvalue weighted by atomic mass is 9.95. The van der Waals surface area contributed by atoms with Gasteiger partial charge in [-0.25, -0.2) is 14.4 Å². The van der Waals surface area contributed by atoms with Crippen LogP contribution < -0.4 is 9.62 Å². The third-order valence-corrected chi connectivity index (χ3v) is 9.29. The van der Waals surface area contributed by atoms with E-state index in [1.54, 1.807) is 31.5 Å². The lowest BCUT2D eigenvalue weighted by Gasteiger charge is -2.30. The fourth-order valence-electron chi connectivity index (χ4n) is 4.92. The molecule has 0 radical (unpaired) electrons. The third kappa shape index (κ3) is 5.74. The van der Waals surface area contributed by atoms with Crippen LogP contribution in [0.1, 0.15) is 65.0 Å². The Labute approximate surface area is 239 Å². The zero-order valence-electron chi connectivity index (χ0n) is 23.5. The first-order valence-electron chi connectivity index (χ1n) is 13.6. The number of fused-ring (bicyclic) bond motifs is 1. The Morgan fingerprint density at radius 2 is 1.93 bits per heavy atom. The molecule has 2 N–H and O–H groups in total. The number of piperidine rings is 1. The van der Waals surface area contributed by atoms with E-state index in [-0.39, 0.29) is 28.9 Å². The van der Waals surface area contributed by atoms with Crippen LogP contribution in [0, 0.1) is 18.7 Å². The molecular weight excluding hydrogens is 543 g/mol. The maximum Gasteiger partial charge on any atom is 0.301 e. The molecular formula is C30H33FN6O3S. The number of nitrogens with zero attached hydrogens (tertiary/aromatic N) is 4. The molecule has 0 atom stereocenters. The van der Waals surface area contributed by atoms with Crippen molar-refractivity contribution in [3.63, 3.8) is 0 Å². The molecule has 1 saturated heterocycles. The van der Waals surface area contributed by atoms with E-state index in [1.165, 1.54) is 26.2 Å². The highest BCUT2D eigenvalue weighted by molar-refractivity contribution is 7.90. The van der Waals surface area contributed by atoms with Crippen LogP contribution in [0.3, 0.4) is 0 Å².